The van der Waals surface area contributed by atoms with Crippen molar-refractivity contribution in [3.05, 3.63) is 46.5 Å². The Morgan fingerprint density at radius 1 is 1.18 bits per heavy atom. The van der Waals surface area contributed by atoms with Crippen molar-refractivity contribution in [3.63, 3.8) is 0 Å². The van der Waals surface area contributed by atoms with E-state index in [-0.39, 0.29) is 29.9 Å². The normalized spacial score (nSPS) is 15.4. The molecule has 1 aliphatic heterocycles. The molecule has 0 bridgehead atoms. The van der Waals surface area contributed by atoms with Gasteiger partial charge in [-0.25, -0.2) is 22.5 Å². The van der Waals surface area contributed by atoms with Crippen molar-refractivity contribution in [1.29, 1.82) is 0 Å². The van der Waals surface area contributed by atoms with E-state index in [1.807, 2.05) is 30.3 Å². The third-order valence-electron chi connectivity index (χ3n) is 5.78. The number of nitrogens with zero attached hydrogens (tertiary/aromatic N) is 3. The number of thiazole rings is 1. The number of hydrogen-bond acceptors (Lipinski definition) is 7. The zero-order valence-electron chi connectivity index (χ0n) is 19.3. The lowest BCUT2D eigenvalue weighted by atomic mass is 9.96. The standard InChI is InChI=1S/C23H31N3O5S2/c1-4-31-22(28)20-17(3)32-23(24-20)26(16-11-18-9-7-6-8-10-18)21(27)19-12-14-25(15-13-19)33(29,30)5-2/h6-10,19H,4-5,11-16H2,1-3H3. The summed E-state index contributed by atoms with van der Waals surface area (Å²) < 4.78 is 30.9. The molecule has 8 nitrogen and oxygen atoms in total. The van der Waals surface area contributed by atoms with Crippen molar-refractivity contribution >= 4 is 38.4 Å². The summed E-state index contributed by atoms with van der Waals surface area (Å²) in [4.78, 5) is 32.7. The monoisotopic (exact) mass is 493 g/mol. The smallest absolute Gasteiger partial charge is 0.358 e. The van der Waals surface area contributed by atoms with Gasteiger partial charge in [-0.05, 0) is 45.6 Å². The molecule has 0 unspecified atom stereocenters. The topological polar surface area (TPSA) is 96.9 Å². The van der Waals surface area contributed by atoms with Crippen LogP contribution in [0.25, 0.3) is 0 Å². The highest BCUT2D eigenvalue weighted by Crippen LogP contribution is 2.30. The first-order valence-electron chi connectivity index (χ1n) is 11.2. The summed E-state index contributed by atoms with van der Waals surface area (Å²) in [5.74, 6) is -0.807. The maximum Gasteiger partial charge on any atom is 0.358 e. The summed E-state index contributed by atoms with van der Waals surface area (Å²) in [5.41, 5.74) is 1.33. The second-order valence-electron chi connectivity index (χ2n) is 7.92. The van der Waals surface area contributed by atoms with Gasteiger partial charge in [-0.3, -0.25) is 9.69 Å². The van der Waals surface area contributed by atoms with E-state index in [2.05, 4.69) is 4.98 Å². The number of piperidine rings is 1. The second-order valence-corrected chi connectivity index (χ2v) is 11.4. The average Bonchev–Trinajstić information content (AvgIpc) is 3.21. The molecule has 1 saturated heterocycles. The molecule has 0 aliphatic carbocycles. The van der Waals surface area contributed by atoms with Crippen LogP contribution in [0.3, 0.4) is 0 Å². The van der Waals surface area contributed by atoms with E-state index in [0.29, 0.717) is 48.9 Å². The minimum atomic E-state index is -3.26. The Hall–Kier alpha value is -2.30. The third-order valence-corrected chi connectivity index (χ3v) is 8.65. The van der Waals surface area contributed by atoms with E-state index in [4.69, 9.17) is 4.74 Å². The van der Waals surface area contributed by atoms with Gasteiger partial charge in [0.1, 0.15) is 0 Å². The van der Waals surface area contributed by atoms with Crippen LogP contribution in [0.2, 0.25) is 0 Å². The van der Waals surface area contributed by atoms with Crippen molar-refractivity contribution in [1.82, 2.24) is 9.29 Å². The van der Waals surface area contributed by atoms with E-state index in [1.165, 1.54) is 15.6 Å². The molecule has 0 atom stereocenters. The largest absolute Gasteiger partial charge is 0.461 e. The van der Waals surface area contributed by atoms with Crippen LogP contribution in [0.5, 0.6) is 0 Å². The average molecular weight is 494 g/mol. The number of anilines is 1. The minimum Gasteiger partial charge on any atom is -0.461 e. The minimum absolute atomic E-state index is 0.0594. The lowest BCUT2D eigenvalue weighted by Crippen LogP contribution is -2.45. The molecule has 1 aliphatic rings. The van der Waals surface area contributed by atoms with Crippen LogP contribution >= 0.6 is 11.3 Å². The molecule has 1 fully saturated rings. The number of aromatic nitrogens is 1. The van der Waals surface area contributed by atoms with E-state index < -0.39 is 16.0 Å². The molecule has 0 radical (unpaired) electrons. The van der Waals surface area contributed by atoms with Gasteiger partial charge in [0.2, 0.25) is 15.9 Å². The molecule has 2 heterocycles. The SMILES string of the molecule is CCOC(=O)c1nc(N(CCc2ccccc2)C(=O)C2CCN(S(=O)(=O)CC)CC2)sc1C. The van der Waals surface area contributed by atoms with Crippen molar-refractivity contribution in [2.45, 2.75) is 40.0 Å². The summed E-state index contributed by atoms with van der Waals surface area (Å²) in [6.07, 6.45) is 1.58. The maximum atomic E-state index is 13.6. The summed E-state index contributed by atoms with van der Waals surface area (Å²) in [7, 11) is -3.26. The predicted molar refractivity (Wildman–Crippen MR) is 129 cm³/mol. The van der Waals surface area contributed by atoms with E-state index >= 15 is 0 Å². The molecule has 1 amide bonds. The number of benzene rings is 1. The molecule has 33 heavy (non-hydrogen) atoms. The van der Waals surface area contributed by atoms with Crippen LogP contribution in [-0.4, -0.2) is 61.6 Å². The van der Waals surface area contributed by atoms with Gasteiger partial charge in [-0.15, -0.1) is 11.3 Å². The van der Waals surface area contributed by atoms with E-state index in [9.17, 15) is 18.0 Å². The first-order valence-corrected chi connectivity index (χ1v) is 13.7. The number of aryl methyl sites for hydroxylation is 1. The van der Waals surface area contributed by atoms with Gasteiger partial charge in [0, 0.05) is 30.4 Å². The molecule has 3 rings (SSSR count). The van der Waals surface area contributed by atoms with Crippen molar-refractivity contribution in [2.24, 2.45) is 5.92 Å². The van der Waals surface area contributed by atoms with Crippen molar-refractivity contribution in [2.75, 3.05) is 36.9 Å². The third kappa shape index (κ3) is 6.18. The van der Waals surface area contributed by atoms with Gasteiger partial charge in [0.15, 0.2) is 10.8 Å². The van der Waals surface area contributed by atoms with Gasteiger partial charge in [-0.2, -0.15) is 0 Å². The number of rotatable bonds is 9. The first-order chi connectivity index (χ1) is 15.8. The number of amides is 1. The summed E-state index contributed by atoms with van der Waals surface area (Å²) in [5, 5.41) is 0.472. The van der Waals surface area contributed by atoms with Crippen molar-refractivity contribution in [3.8, 4) is 0 Å². The Balaban J connectivity index is 1.81. The molecule has 180 valence electrons. The Kier molecular flexibility index (Phi) is 8.61. The Morgan fingerprint density at radius 2 is 1.85 bits per heavy atom. The van der Waals surface area contributed by atoms with Crippen LogP contribution in [-0.2, 0) is 26.0 Å². The molecule has 0 spiro atoms. The number of esters is 1. The van der Waals surface area contributed by atoms with E-state index in [1.54, 1.807) is 25.7 Å². The summed E-state index contributed by atoms with van der Waals surface area (Å²) in [6.45, 7) is 6.51. The maximum absolute atomic E-state index is 13.6. The summed E-state index contributed by atoms with van der Waals surface area (Å²) >= 11 is 1.30. The summed E-state index contributed by atoms with van der Waals surface area (Å²) in [6, 6.07) is 9.87. The Labute approximate surface area is 199 Å². The fourth-order valence-electron chi connectivity index (χ4n) is 3.86. The molecule has 1 aromatic carbocycles. The highest BCUT2D eigenvalue weighted by molar-refractivity contribution is 7.89. The molecule has 0 N–H and O–H groups in total. The Bertz CT molecular complexity index is 1060. The van der Waals surface area contributed by atoms with Crippen LogP contribution in [0, 0.1) is 12.8 Å². The van der Waals surface area contributed by atoms with Crippen LogP contribution in [0.1, 0.15) is 47.6 Å². The van der Waals surface area contributed by atoms with Crippen LogP contribution < -0.4 is 4.90 Å². The van der Waals surface area contributed by atoms with Gasteiger partial charge in [-0.1, -0.05) is 30.3 Å². The fourth-order valence-corrected chi connectivity index (χ4v) is 5.92. The number of hydrogen-bond donors (Lipinski definition) is 0. The molecular formula is C23H31N3O5S2. The molecule has 2 aromatic rings. The zero-order chi connectivity index (χ0) is 24.0. The van der Waals surface area contributed by atoms with Crippen LogP contribution in [0.4, 0.5) is 5.13 Å². The zero-order valence-corrected chi connectivity index (χ0v) is 21.0. The highest BCUT2D eigenvalue weighted by Gasteiger charge is 2.34. The Morgan fingerprint density at radius 3 is 2.45 bits per heavy atom. The predicted octanol–water partition coefficient (Wildman–Crippen LogP) is 3.27. The molecule has 10 heteroatoms. The lowest BCUT2D eigenvalue weighted by molar-refractivity contribution is -0.123. The van der Waals surface area contributed by atoms with Gasteiger partial charge in [0.05, 0.1) is 12.4 Å². The van der Waals surface area contributed by atoms with Crippen molar-refractivity contribution < 1.29 is 22.7 Å². The van der Waals surface area contributed by atoms with Gasteiger partial charge < -0.3 is 4.74 Å². The van der Waals surface area contributed by atoms with Gasteiger partial charge in [0.25, 0.3) is 0 Å². The van der Waals surface area contributed by atoms with E-state index in [0.717, 1.165) is 5.56 Å². The highest BCUT2D eigenvalue weighted by atomic mass is 32.2. The quantitative estimate of drug-likeness (QED) is 0.498. The number of sulfonamides is 1. The number of carbonyl (C=O) groups is 2. The van der Waals surface area contributed by atoms with Crippen LogP contribution in [0.15, 0.2) is 30.3 Å². The molecular weight excluding hydrogens is 462 g/mol. The first kappa shape index (κ1) is 25.3. The molecule has 1 aromatic heterocycles. The number of ether oxygens (including phenoxy) is 1. The van der Waals surface area contributed by atoms with Gasteiger partial charge >= 0.3 is 5.97 Å². The second kappa shape index (κ2) is 11.2. The lowest BCUT2D eigenvalue weighted by Gasteiger charge is -2.32. The fraction of sp³-hybridized carbons (Fsp3) is 0.522. The number of carbonyl (C=O) groups excluding carboxylic acids is 2. The molecule has 0 saturated carbocycles.